The molecule has 0 aliphatic rings. The number of hydrogen-bond acceptors (Lipinski definition) is 4. The summed E-state index contributed by atoms with van der Waals surface area (Å²) < 4.78 is 6.19. The summed E-state index contributed by atoms with van der Waals surface area (Å²) in [5.41, 5.74) is 1.16. The second-order valence-electron chi connectivity index (χ2n) is 6.21. The SMILES string of the molecule is N#C/C(=C\c1ccc(OC(=O)c2ccc(Br)cc2)cc1)C(=O)Nc1cc(Cl)ccc1Cl. The van der Waals surface area contributed by atoms with E-state index in [0.717, 1.165) is 4.47 Å². The van der Waals surface area contributed by atoms with Gasteiger partial charge in [-0.15, -0.1) is 0 Å². The van der Waals surface area contributed by atoms with Gasteiger partial charge in [0, 0.05) is 9.50 Å². The molecular formula is C23H13BrCl2N2O3. The van der Waals surface area contributed by atoms with Crippen LogP contribution in [0.1, 0.15) is 15.9 Å². The van der Waals surface area contributed by atoms with E-state index in [1.807, 2.05) is 6.07 Å². The summed E-state index contributed by atoms with van der Waals surface area (Å²) in [6.07, 6.45) is 1.41. The Morgan fingerprint density at radius 3 is 2.32 bits per heavy atom. The minimum Gasteiger partial charge on any atom is -0.423 e. The van der Waals surface area contributed by atoms with Crippen LogP contribution in [-0.2, 0) is 4.79 Å². The summed E-state index contributed by atoms with van der Waals surface area (Å²) in [6, 6.07) is 19.7. The first-order valence-corrected chi connectivity index (χ1v) is 10.4. The third-order valence-corrected chi connectivity index (χ3v) is 5.12. The zero-order chi connectivity index (χ0) is 22.4. The molecule has 8 heteroatoms. The lowest BCUT2D eigenvalue weighted by Gasteiger charge is -2.07. The minimum atomic E-state index is -0.627. The van der Waals surface area contributed by atoms with E-state index in [2.05, 4.69) is 21.2 Å². The quantitative estimate of drug-likeness (QED) is 0.181. The van der Waals surface area contributed by atoms with Crippen molar-refractivity contribution in [2.24, 2.45) is 0 Å². The lowest BCUT2D eigenvalue weighted by molar-refractivity contribution is -0.112. The lowest BCUT2D eigenvalue weighted by atomic mass is 10.1. The maximum absolute atomic E-state index is 12.4. The smallest absolute Gasteiger partial charge is 0.343 e. The summed E-state index contributed by atoms with van der Waals surface area (Å²) in [4.78, 5) is 24.6. The van der Waals surface area contributed by atoms with Crippen LogP contribution in [0.25, 0.3) is 6.08 Å². The average Bonchev–Trinajstić information content (AvgIpc) is 2.76. The fourth-order valence-electron chi connectivity index (χ4n) is 2.48. The Bertz CT molecular complexity index is 1200. The highest BCUT2D eigenvalue weighted by molar-refractivity contribution is 9.10. The first-order valence-electron chi connectivity index (χ1n) is 8.82. The molecule has 0 saturated heterocycles. The topological polar surface area (TPSA) is 79.2 Å². The van der Waals surface area contributed by atoms with E-state index in [0.29, 0.717) is 32.6 Å². The summed E-state index contributed by atoms with van der Waals surface area (Å²) in [7, 11) is 0. The van der Waals surface area contributed by atoms with Gasteiger partial charge in [0.05, 0.1) is 16.3 Å². The van der Waals surface area contributed by atoms with Crippen molar-refractivity contribution in [1.82, 2.24) is 0 Å². The summed E-state index contributed by atoms with van der Waals surface area (Å²) in [5, 5.41) is 12.6. The number of ether oxygens (including phenoxy) is 1. The molecule has 0 saturated carbocycles. The summed E-state index contributed by atoms with van der Waals surface area (Å²) >= 11 is 15.3. The number of hydrogen-bond donors (Lipinski definition) is 1. The van der Waals surface area contributed by atoms with Crippen molar-refractivity contribution in [3.05, 3.63) is 97.9 Å². The number of esters is 1. The van der Waals surface area contributed by atoms with Gasteiger partial charge >= 0.3 is 5.97 Å². The summed E-state index contributed by atoms with van der Waals surface area (Å²) in [6.45, 7) is 0. The number of benzene rings is 3. The largest absolute Gasteiger partial charge is 0.423 e. The van der Waals surface area contributed by atoms with E-state index >= 15 is 0 Å². The lowest BCUT2D eigenvalue weighted by Crippen LogP contribution is -2.13. The molecule has 0 aliphatic heterocycles. The molecule has 3 aromatic carbocycles. The molecule has 0 radical (unpaired) electrons. The van der Waals surface area contributed by atoms with Crippen molar-refractivity contribution in [2.75, 3.05) is 5.32 Å². The van der Waals surface area contributed by atoms with E-state index in [-0.39, 0.29) is 5.57 Å². The molecule has 0 heterocycles. The van der Waals surface area contributed by atoms with Gasteiger partial charge in [0.25, 0.3) is 5.91 Å². The molecule has 0 unspecified atom stereocenters. The Kier molecular flexibility index (Phi) is 7.48. The van der Waals surface area contributed by atoms with E-state index in [4.69, 9.17) is 27.9 Å². The van der Waals surface area contributed by atoms with E-state index in [1.54, 1.807) is 60.7 Å². The fraction of sp³-hybridized carbons (Fsp3) is 0. The van der Waals surface area contributed by atoms with Gasteiger partial charge in [-0.25, -0.2) is 4.79 Å². The number of halogens is 3. The molecule has 5 nitrogen and oxygen atoms in total. The fourth-order valence-corrected chi connectivity index (χ4v) is 3.08. The number of amides is 1. The van der Waals surface area contributed by atoms with Gasteiger partial charge in [-0.3, -0.25) is 4.79 Å². The maximum Gasteiger partial charge on any atom is 0.343 e. The van der Waals surface area contributed by atoms with Crippen molar-refractivity contribution in [3.63, 3.8) is 0 Å². The number of rotatable bonds is 5. The number of carbonyl (C=O) groups is 2. The Labute approximate surface area is 197 Å². The third-order valence-electron chi connectivity index (χ3n) is 4.02. The molecule has 3 aromatic rings. The van der Waals surface area contributed by atoms with Crippen LogP contribution in [-0.4, -0.2) is 11.9 Å². The second kappa shape index (κ2) is 10.3. The van der Waals surface area contributed by atoms with Crippen LogP contribution in [0, 0.1) is 11.3 Å². The number of nitrogens with one attached hydrogen (secondary N) is 1. The zero-order valence-electron chi connectivity index (χ0n) is 15.7. The highest BCUT2D eigenvalue weighted by atomic mass is 79.9. The third kappa shape index (κ3) is 6.19. The first-order chi connectivity index (χ1) is 14.9. The Hall–Kier alpha value is -3.11. The molecule has 0 aromatic heterocycles. The number of nitrogens with zero attached hydrogens (tertiary/aromatic N) is 1. The van der Waals surface area contributed by atoms with Crippen LogP contribution in [0.3, 0.4) is 0 Å². The van der Waals surface area contributed by atoms with Crippen molar-refractivity contribution in [1.29, 1.82) is 5.26 Å². The van der Waals surface area contributed by atoms with Gasteiger partial charge < -0.3 is 10.1 Å². The van der Waals surface area contributed by atoms with Crippen LogP contribution < -0.4 is 10.1 Å². The van der Waals surface area contributed by atoms with Gasteiger partial charge in [0.2, 0.25) is 0 Å². The molecule has 1 amide bonds. The Balaban J connectivity index is 1.70. The maximum atomic E-state index is 12.4. The molecule has 0 fully saturated rings. The minimum absolute atomic E-state index is 0.129. The van der Waals surface area contributed by atoms with Crippen molar-refractivity contribution in [3.8, 4) is 11.8 Å². The summed E-state index contributed by atoms with van der Waals surface area (Å²) in [5.74, 6) is -0.789. The standard InChI is InChI=1S/C23H13BrCl2N2O3/c24-17-5-3-15(4-6-17)23(30)31-19-8-1-14(2-9-19)11-16(13-27)22(29)28-21-12-18(25)7-10-20(21)26/h1-12H,(H,28,29)/b16-11+. The molecule has 3 rings (SSSR count). The number of anilines is 1. The Morgan fingerprint density at radius 2 is 1.68 bits per heavy atom. The molecule has 0 aliphatic carbocycles. The Morgan fingerprint density at radius 1 is 1.00 bits per heavy atom. The number of nitriles is 1. The molecule has 0 bridgehead atoms. The van der Waals surface area contributed by atoms with Gasteiger partial charge in [-0.2, -0.15) is 5.26 Å². The highest BCUT2D eigenvalue weighted by Crippen LogP contribution is 2.26. The van der Waals surface area contributed by atoms with Gasteiger partial charge in [0.1, 0.15) is 17.4 Å². The van der Waals surface area contributed by atoms with E-state index in [1.165, 1.54) is 12.1 Å². The van der Waals surface area contributed by atoms with E-state index in [9.17, 15) is 14.9 Å². The first kappa shape index (κ1) is 22.6. The van der Waals surface area contributed by atoms with Crippen LogP contribution in [0.15, 0.2) is 76.8 Å². The van der Waals surface area contributed by atoms with Gasteiger partial charge in [0.15, 0.2) is 0 Å². The van der Waals surface area contributed by atoms with Crippen molar-refractivity contribution >= 4 is 62.8 Å². The predicted molar refractivity (Wildman–Crippen MR) is 124 cm³/mol. The monoisotopic (exact) mass is 514 g/mol. The average molecular weight is 516 g/mol. The second-order valence-corrected chi connectivity index (χ2v) is 7.97. The molecular weight excluding hydrogens is 503 g/mol. The molecule has 0 atom stereocenters. The predicted octanol–water partition coefficient (Wildman–Crippen LogP) is 6.52. The molecule has 0 spiro atoms. The van der Waals surface area contributed by atoms with Crippen LogP contribution >= 0.6 is 39.1 Å². The highest BCUT2D eigenvalue weighted by Gasteiger charge is 2.13. The van der Waals surface area contributed by atoms with Gasteiger partial charge in [-0.1, -0.05) is 51.3 Å². The van der Waals surface area contributed by atoms with Crippen LogP contribution in [0.2, 0.25) is 10.0 Å². The normalized spacial score (nSPS) is 10.8. The van der Waals surface area contributed by atoms with Crippen molar-refractivity contribution < 1.29 is 14.3 Å². The van der Waals surface area contributed by atoms with Gasteiger partial charge in [-0.05, 0) is 66.2 Å². The van der Waals surface area contributed by atoms with Crippen LogP contribution in [0.5, 0.6) is 5.75 Å². The number of carbonyl (C=O) groups excluding carboxylic acids is 2. The van der Waals surface area contributed by atoms with Crippen LogP contribution in [0.4, 0.5) is 5.69 Å². The molecule has 1 N–H and O–H groups in total. The van der Waals surface area contributed by atoms with E-state index < -0.39 is 11.9 Å². The zero-order valence-corrected chi connectivity index (χ0v) is 18.8. The molecule has 31 heavy (non-hydrogen) atoms. The molecule has 154 valence electrons. The van der Waals surface area contributed by atoms with Crippen molar-refractivity contribution in [2.45, 2.75) is 0 Å².